The first-order chi connectivity index (χ1) is 7.70. The van der Waals surface area contributed by atoms with E-state index in [9.17, 15) is 10.1 Å². The van der Waals surface area contributed by atoms with Gasteiger partial charge >= 0.3 is 5.69 Å². The molecule has 1 N–H and O–H groups in total. The van der Waals surface area contributed by atoms with Crippen molar-refractivity contribution < 1.29 is 14.4 Å². The molecule has 0 saturated carbocycles. The summed E-state index contributed by atoms with van der Waals surface area (Å²) in [6.07, 6.45) is 0. The van der Waals surface area contributed by atoms with Crippen molar-refractivity contribution in [2.75, 3.05) is 25.6 Å². The molecule has 1 aromatic rings. The SMILES string of the molecule is COc1ccc(NC2COC2)cc1[N+](=O)[O-]. The van der Waals surface area contributed by atoms with Crippen molar-refractivity contribution in [2.45, 2.75) is 6.04 Å². The maximum Gasteiger partial charge on any atom is 0.312 e. The third-order valence-corrected chi connectivity index (χ3v) is 2.38. The first-order valence-corrected chi connectivity index (χ1v) is 4.87. The summed E-state index contributed by atoms with van der Waals surface area (Å²) in [6.45, 7) is 1.28. The van der Waals surface area contributed by atoms with E-state index in [4.69, 9.17) is 9.47 Å². The highest BCUT2D eigenvalue weighted by atomic mass is 16.6. The van der Waals surface area contributed by atoms with Crippen molar-refractivity contribution in [1.29, 1.82) is 0 Å². The summed E-state index contributed by atoms with van der Waals surface area (Å²) in [5, 5.41) is 13.9. The van der Waals surface area contributed by atoms with Crippen molar-refractivity contribution in [3.63, 3.8) is 0 Å². The third kappa shape index (κ3) is 2.06. The minimum absolute atomic E-state index is 0.0345. The number of hydrogen-bond donors (Lipinski definition) is 1. The van der Waals surface area contributed by atoms with Crippen LogP contribution < -0.4 is 10.1 Å². The number of hydrogen-bond acceptors (Lipinski definition) is 5. The van der Waals surface area contributed by atoms with Gasteiger partial charge in [-0.15, -0.1) is 0 Å². The van der Waals surface area contributed by atoms with E-state index in [2.05, 4.69) is 5.32 Å². The van der Waals surface area contributed by atoms with E-state index in [0.29, 0.717) is 18.9 Å². The highest BCUT2D eigenvalue weighted by Crippen LogP contribution is 2.30. The number of nitrogens with zero attached hydrogens (tertiary/aromatic N) is 1. The standard InChI is InChI=1S/C10H12N2O4/c1-15-10-3-2-7(4-9(10)12(13)14)11-8-5-16-6-8/h2-4,8,11H,5-6H2,1H3. The van der Waals surface area contributed by atoms with Crippen LogP contribution >= 0.6 is 0 Å². The van der Waals surface area contributed by atoms with E-state index < -0.39 is 4.92 Å². The van der Waals surface area contributed by atoms with E-state index in [0.717, 1.165) is 0 Å². The zero-order valence-electron chi connectivity index (χ0n) is 8.80. The summed E-state index contributed by atoms with van der Waals surface area (Å²) in [5.41, 5.74) is 0.675. The molecule has 1 aliphatic heterocycles. The molecule has 0 spiro atoms. The number of benzene rings is 1. The van der Waals surface area contributed by atoms with Gasteiger partial charge in [-0.2, -0.15) is 0 Å². The van der Waals surface area contributed by atoms with Gasteiger partial charge in [0, 0.05) is 11.8 Å². The zero-order valence-corrected chi connectivity index (χ0v) is 8.80. The Morgan fingerprint density at radius 1 is 1.56 bits per heavy atom. The summed E-state index contributed by atoms with van der Waals surface area (Å²) < 4.78 is 9.92. The molecule has 16 heavy (non-hydrogen) atoms. The summed E-state index contributed by atoms with van der Waals surface area (Å²) in [4.78, 5) is 10.3. The summed E-state index contributed by atoms with van der Waals surface area (Å²) in [5.74, 6) is 0.264. The normalized spacial score (nSPS) is 15.3. The van der Waals surface area contributed by atoms with Gasteiger partial charge in [0.1, 0.15) is 0 Å². The summed E-state index contributed by atoms with van der Waals surface area (Å²) in [7, 11) is 1.41. The zero-order chi connectivity index (χ0) is 11.5. The lowest BCUT2D eigenvalue weighted by molar-refractivity contribution is -0.385. The molecule has 0 radical (unpaired) electrons. The van der Waals surface area contributed by atoms with Crippen LogP contribution in [0.25, 0.3) is 0 Å². The Balaban J connectivity index is 2.20. The molecule has 0 atom stereocenters. The molecule has 1 heterocycles. The second kappa shape index (κ2) is 4.36. The van der Waals surface area contributed by atoms with Gasteiger partial charge in [-0.3, -0.25) is 10.1 Å². The maximum atomic E-state index is 10.8. The number of anilines is 1. The molecule has 1 saturated heterocycles. The fraction of sp³-hybridized carbons (Fsp3) is 0.400. The highest BCUT2D eigenvalue weighted by molar-refractivity contribution is 5.58. The molecule has 6 nitrogen and oxygen atoms in total. The van der Waals surface area contributed by atoms with Crippen LogP contribution in [0.2, 0.25) is 0 Å². The molecule has 86 valence electrons. The van der Waals surface area contributed by atoms with Crippen LogP contribution in [0.3, 0.4) is 0 Å². The number of rotatable bonds is 4. The van der Waals surface area contributed by atoms with Gasteiger partial charge in [0.15, 0.2) is 5.75 Å². The number of nitro groups is 1. The van der Waals surface area contributed by atoms with Crippen molar-refractivity contribution in [3.8, 4) is 5.75 Å². The number of methoxy groups -OCH3 is 1. The highest BCUT2D eigenvalue weighted by Gasteiger charge is 2.20. The van der Waals surface area contributed by atoms with Crippen LogP contribution in [0.5, 0.6) is 5.75 Å². The van der Waals surface area contributed by atoms with Crippen molar-refractivity contribution in [1.82, 2.24) is 0 Å². The lowest BCUT2D eigenvalue weighted by Crippen LogP contribution is -2.40. The van der Waals surface area contributed by atoms with Crippen LogP contribution in [0.4, 0.5) is 11.4 Å². The van der Waals surface area contributed by atoms with Crippen LogP contribution in [-0.4, -0.2) is 31.3 Å². The second-order valence-corrected chi connectivity index (χ2v) is 3.52. The van der Waals surface area contributed by atoms with Crippen LogP contribution in [0, 0.1) is 10.1 Å². The Kier molecular flexibility index (Phi) is 2.91. The van der Waals surface area contributed by atoms with Crippen LogP contribution in [0.15, 0.2) is 18.2 Å². The van der Waals surface area contributed by atoms with Crippen molar-refractivity contribution >= 4 is 11.4 Å². The molecule has 1 aliphatic rings. The fourth-order valence-corrected chi connectivity index (χ4v) is 1.48. The summed E-state index contributed by atoms with van der Waals surface area (Å²) in [6, 6.07) is 5.05. The number of nitrogens with one attached hydrogen (secondary N) is 1. The largest absolute Gasteiger partial charge is 0.490 e. The van der Waals surface area contributed by atoms with E-state index >= 15 is 0 Å². The van der Waals surface area contributed by atoms with E-state index in [1.54, 1.807) is 12.1 Å². The van der Waals surface area contributed by atoms with Gasteiger partial charge in [-0.1, -0.05) is 0 Å². The first-order valence-electron chi connectivity index (χ1n) is 4.87. The van der Waals surface area contributed by atoms with Gasteiger partial charge < -0.3 is 14.8 Å². The van der Waals surface area contributed by atoms with Gasteiger partial charge in [-0.05, 0) is 12.1 Å². The average molecular weight is 224 g/mol. The Morgan fingerprint density at radius 2 is 2.31 bits per heavy atom. The van der Waals surface area contributed by atoms with Crippen LogP contribution in [-0.2, 0) is 4.74 Å². The molecular formula is C10H12N2O4. The van der Waals surface area contributed by atoms with Gasteiger partial charge in [0.2, 0.25) is 0 Å². The Bertz CT molecular complexity index is 404. The monoisotopic (exact) mass is 224 g/mol. The number of nitro benzene ring substituents is 1. The van der Waals surface area contributed by atoms with Crippen LogP contribution in [0.1, 0.15) is 0 Å². The van der Waals surface area contributed by atoms with Crippen molar-refractivity contribution in [2.24, 2.45) is 0 Å². The van der Waals surface area contributed by atoms with Gasteiger partial charge in [0.05, 0.1) is 31.3 Å². The molecule has 0 amide bonds. The number of ether oxygens (including phenoxy) is 2. The van der Waals surface area contributed by atoms with E-state index in [1.807, 2.05) is 0 Å². The minimum atomic E-state index is -0.457. The third-order valence-electron chi connectivity index (χ3n) is 2.38. The predicted molar refractivity (Wildman–Crippen MR) is 57.9 cm³/mol. The average Bonchev–Trinajstić information content (AvgIpc) is 2.23. The van der Waals surface area contributed by atoms with E-state index in [1.165, 1.54) is 13.2 Å². The molecule has 0 unspecified atom stereocenters. The lowest BCUT2D eigenvalue weighted by atomic mass is 10.2. The lowest BCUT2D eigenvalue weighted by Gasteiger charge is -2.27. The Hall–Kier alpha value is -1.82. The molecule has 1 aromatic carbocycles. The van der Waals surface area contributed by atoms with Crippen molar-refractivity contribution in [3.05, 3.63) is 28.3 Å². The summed E-state index contributed by atoms with van der Waals surface area (Å²) >= 11 is 0. The Morgan fingerprint density at radius 3 is 2.81 bits per heavy atom. The molecule has 1 fully saturated rings. The quantitative estimate of drug-likeness (QED) is 0.618. The maximum absolute atomic E-state index is 10.8. The fourth-order valence-electron chi connectivity index (χ4n) is 1.48. The minimum Gasteiger partial charge on any atom is -0.490 e. The van der Waals surface area contributed by atoms with Gasteiger partial charge in [-0.25, -0.2) is 0 Å². The Labute approximate surface area is 92.3 Å². The topological polar surface area (TPSA) is 73.6 Å². The smallest absolute Gasteiger partial charge is 0.312 e. The molecule has 2 rings (SSSR count). The molecule has 0 aliphatic carbocycles. The predicted octanol–water partition coefficient (Wildman–Crippen LogP) is 1.41. The second-order valence-electron chi connectivity index (χ2n) is 3.52. The van der Waals surface area contributed by atoms with E-state index in [-0.39, 0.29) is 17.5 Å². The van der Waals surface area contributed by atoms with Gasteiger partial charge in [0.25, 0.3) is 0 Å². The first kappa shape index (κ1) is 10.7. The molecule has 6 heteroatoms. The molecule has 0 bridgehead atoms. The molecular weight excluding hydrogens is 212 g/mol. The molecule has 0 aromatic heterocycles.